The van der Waals surface area contributed by atoms with Gasteiger partial charge in [0.2, 0.25) is 0 Å². The molecule has 1 amide bonds. The molecule has 0 aliphatic heterocycles. The number of hydrogen-bond donors (Lipinski definition) is 2. The van der Waals surface area contributed by atoms with Crippen LogP contribution in [0.2, 0.25) is 0 Å². The highest BCUT2D eigenvalue weighted by Gasteiger charge is 2.16. The second-order valence-electron chi connectivity index (χ2n) is 4.20. The lowest BCUT2D eigenvalue weighted by molar-refractivity contribution is 0.0605. The van der Waals surface area contributed by atoms with E-state index in [1.54, 1.807) is 31.2 Å². The van der Waals surface area contributed by atoms with Crippen LogP contribution in [0.15, 0.2) is 30.3 Å². The summed E-state index contributed by atoms with van der Waals surface area (Å²) in [5.74, 6) is -0.776. The molecule has 0 aliphatic rings. The number of rotatable bonds is 3. The number of methoxy groups -OCH3 is 1. The van der Waals surface area contributed by atoms with Crippen molar-refractivity contribution in [2.45, 2.75) is 6.92 Å². The van der Waals surface area contributed by atoms with Crippen molar-refractivity contribution in [1.82, 2.24) is 10.3 Å². The number of aryl methyl sites for hydroxylation is 1. The van der Waals surface area contributed by atoms with Crippen molar-refractivity contribution in [1.29, 1.82) is 0 Å². The van der Waals surface area contributed by atoms with Crippen LogP contribution in [0.5, 0.6) is 0 Å². The lowest BCUT2D eigenvalue weighted by Crippen LogP contribution is -2.34. The van der Waals surface area contributed by atoms with Gasteiger partial charge in [-0.3, -0.25) is 10.1 Å². The minimum absolute atomic E-state index is 0.110. The van der Waals surface area contributed by atoms with Gasteiger partial charge in [-0.15, -0.1) is 0 Å². The second kappa shape index (κ2) is 7.10. The van der Waals surface area contributed by atoms with Gasteiger partial charge in [-0.25, -0.2) is 9.78 Å². The van der Waals surface area contributed by atoms with Gasteiger partial charge in [-0.05, 0) is 31.3 Å². The largest absolute Gasteiger partial charge is 0.465 e. The molecule has 0 saturated heterocycles. The van der Waals surface area contributed by atoms with Gasteiger partial charge >= 0.3 is 5.97 Å². The molecular formula is C14H13N3O3S2. The molecule has 2 N–H and O–H groups in total. The topological polar surface area (TPSA) is 80.3 Å². The Kier molecular flexibility index (Phi) is 5.18. The fraction of sp³-hybridized carbons (Fsp3) is 0.143. The molecule has 1 heterocycles. The molecule has 1 aromatic heterocycles. The number of esters is 1. The fourth-order valence-corrected chi connectivity index (χ4v) is 2.77. The van der Waals surface area contributed by atoms with Gasteiger partial charge in [0.15, 0.2) is 10.2 Å². The molecule has 114 valence electrons. The zero-order valence-corrected chi connectivity index (χ0v) is 13.5. The van der Waals surface area contributed by atoms with Crippen LogP contribution in [-0.2, 0) is 4.74 Å². The predicted molar refractivity (Wildman–Crippen MR) is 88.3 cm³/mol. The van der Waals surface area contributed by atoms with E-state index in [1.165, 1.54) is 7.11 Å². The Hall–Kier alpha value is -2.32. The number of amides is 1. The Morgan fingerprint density at radius 2 is 1.95 bits per heavy atom. The predicted octanol–water partition coefficient (Wildman–Crippen LogP) is 2.36. The smallest absolute Gasteiger partial charge is 0.350 e. The average Bonchev–Trinajstić information content (AvgIpc) is 2.87. The van der Waals surface area contributed by atoms with Crippen LogP contribution in [0.1, 0.15) is 25.7 Å². The van der Waals surface area contributed by atoms with E-state index in [0.29, 0.717) is 21.3 Å². The Labute approximate surface area is 136 Å². The SMILES string of the molecule is COC(=O)c1sc(NC(=S)NC(=O)c2ccccc2)nc1C. The summed E-state index contributed by atoms with van der Waals surface area (Å²) in [7, 11) is 1.30. The number of hydrogen-bond acceptors (Lipinski definition) is 6. The minimum atomic E-state index is -0.456. The lowest BCUT2D eigenvalue weighted by Gasteiger charge is -2.06. The lowest BCUT2D eigenvalue weighted by atomic mass is 10.2. The summed E-state index contributed by atoms with van der Waals surface area (Å²) in [6, 6.07) is 8.71. The van der Waals surface area contributed by atoms with Crippen LogP contribution < -0.4 is 10.6 Å². The summed E-state index contributed by atoms with van der Waals surface area (Å²) < 4.78 is 4.66. The van der Waals surface area contributed by atoms with Crippen molar-refractivity contribution in [2.75, 3.05) is 12.4 Å². The fourth-order valence-electron chi connectivity index (χ4n) is 1.63. The van der Waals surface area contributed by atoms with E-state index in [4.69, 9.17) is 12.2 Å². The van der Waals surface area contributed by atoms with Crippen LogP contribution in [0.4, 0.5) is 5.13 Å². The minimum Gasteiger partial charge on any atom is -0.465 e. The number of carbonyl (C=O) groups is 2. The summed E-state index contributed by atoms with van der Waals surface area (Å²) in [5, 5.41) is 5.85. The van der Waals surface area contributed by atoms with E-state index in [2.05, 4.69) is 20.4 Å². The Morgan fingerprint density at radius 1 is 1.27 bits per heavy atom. The zero-order valence-electron chi connectivity index (χ0n) is 11.9. The van der Waals surface area contributed by atoms with Crippen LogP contribution in [0.25, 0.3) is 0 Å². The first kappa shape index (κ1) is 16.1. The standard InChI is InChI=1S/C14H13N3O3S2/c1-8-10(12(19)20-2)22-14(15-8)17-13(21)16-11(18)9-6-4-3-5-7-9/h3-7H,1-2H3,(H2,15,16,17,18,21). The molecular weight excluding hydrogens is 322 g/mol. The summed E-state index contributed by atoms with van der Waals surface area (Å²) in [6.07, 6.45) is 0. The molecule has 22 heavy (non-hydrogen) atoms. The number of anilines is 1. The molecule has 6 nitrogen and oxygen atoms in total. The molecule has 0 unspecified atom stereocenters. The Balaban J connectivity index is 2.01. The summed E-state index contributed by atoms with van der Waals surface area (Å²) in [4.78, 5) is 28.0. The number of aromatic nitrogens is 1. The van der Waals surface area contributed by atoms with Crippen molar-refractivity contribution in [3.05, 3.63) is 46.5 Å². The molecule has 0 radical (unpaired) electrons. The molecule has 0 fully saturated rings. The molecule has 0 aliphatic carbocycles. The number of benzene rings is 1. The number of thiazole rings is 1. The molecule has 0 bridgehead atoms. The number of carbonyl (C=O) groups excluding carboxylic acids is 2. The maximum Gasteiger partial charge on any atom is 0.350 e. The van der Waals surface area contributed by atoms with Gasteiger partial charge in [-0.2, -0.15) is 0 Å². The molecule has 0 spiro atoms. The summed E-state index contributed by atoms with van der Waals surface area (Å²) >= 11 is 6.17. The van der Waals surface area contributed by atoms with E-state index >= 15 is 0 Å². The van der Waals surface area contributed by atoms with E-state index in [9.17, 15) is 9.59 Å². The first-order chi connectivity index (χ1) is 10.5. The number of nitrogens with one attached hydrogen (secondary N) is 2. The Bertz CT molecular complexity index is 713. The average molecular weight is 335 g/mol. The van der Waals surface area contributed by atoms with Gasteiger partial charge in [-0.1, -0.05) is 29.5 Å². The quantitative estimate of drug-likeness (QED) is 0.662. The van der Waals surface area contributed by atoms with Crippen molar-refractivity contribution in [3.63, 3.8) is 0 Å². The zero-order chi connectivity index (χ0) is 16.1. The van der Waals surface area contributed by atoms with Crippen molar-refractivity contribution in [3.8, 4) is 0 Å². The van der Waals surface area contributed by atoms with Gasteiger partial charge in [0, 0.05) is 5.56 Å². The molecule has 0 saturated carbocycles. The highest BCUT2D eigenvalue weighted by Crippen LogP contribution is 2.23. The number of nitrogens with zero attached hydrogens (tertiary/aromatic N) is 1. The molecule has 1 aromatic carbocycles. The van der Waals surface area contributed by atoms with Gasteiger partial charge < -0.3 is 10.1 Å². The molecule has 0 atom stereocenters. The monoisotopic (exact) mass is 335 g/mol. The van der Waals surface area contributed by atoms with Crippen LogP contribution >= 0.6 is 23.6 Å². The van der Waals surface area contributed by atoms with E-state index < -0.39 is 5.97 Å². The highest BCUT2D eigenvalue weighted by atomic mass is 32.1. The Morgan fingerprint density at radius 3 is 2.59 bits per heavy atom. The molecule has 8 heteroatoms. The van der Waals surface area contributed by atoms with Crippen molar-refractivity contribution in [2.24, 2.45) is 0 Å². The summed E-state index contributed by atoms with van der Waals surface area (Å²) in [5.41, 5.74) is 1.04. The van der Waals surface area contributed by atoms with Crippen LogP contribution in [-0.4, -0.2) is 29.1 Å². The number of thiocarbonyl (C=S) groups is 1. The maximum absolute atomic E-state index is 11.9. The number of ether oxygens (including phenoxy) is 1. The van der Waals surface area contributed by atoms with Gasteiger partial charge in [0.05, 0.1) is 12.8 Å². The van der Waals surface area contributed by atoms with Crippen LogP contribution in [0.3, 0.4) is 0 Å². The van der Waals surface area contributed by atoms with Gasteiger partial charge in [0.1, 0.15) is 4.88 Å². The third kappa shape index (κ3) is 3.86. The van der Waals surface area contributed by atoms with Crippen molar-refractivity contribution >= 4 is 45.7 Å². The van der Waals surface area contributed by atoms with Crippen LogP contribution in [0, 0.1) is 6.92 Å². The third-order valence-corrected chi connectivity index (χ3v) is 3.91. The van der Waals surface area contributed by atoms with E-state index in [0.717, 1.165) is 11.3 Å². The second-order valence-corrected chi connectivity index (χ2v) is 5.61. The molecule has 2 aromatic rings. The summed E-state index contributed by atoms with van der Waals surface area (Å²) in [6.45, 7) is 1.69. The molecule has 2 rings (SSSR count). The normalized spacial score (nSPS) is 9.91. The third-order valence-electron chi connectivity index (χ3n) is 2.65. The highest BCUT2D eigenvalue weighted by molar-refractivity contribution is 7.80. The first-order valence-electron chi connectivity index (χ1n) is 6.24. The maximum atomic E-state index is 11.9. The van der Waals surface area contributed by atoms with E-state index in [-0.39, 0.29) is 11.0 Å². The van der Waals surface area contributed by atoms with E-state index in [1.807, 2.05) is 6.07 Å². The first-order valence-corrected chi connectivity index (χ1v) is 7.47. The van der Waals surface area contributed by atoms with Gasteiger partial charge in [0.25, 0.3) is 5.91 Å². The van der Waals surface area contributed by atoms with Crippen molar-refractivity contribution < 1.29 is 14.3 Å².